The third kappa shape index (κ3) is 4.54. The van der Waals surface area contributed by atoms with E-state index in [1.807, 2.05) is 0 Å². The lowest BCUT2D eigenvalue weighted by Gasteiger charge is -2.08. The summed E-state index contributed by atoms with van der Waals surface area (Å²) in [5, 5.41) is 4.98. The first-order chi connectivity index (χ1) is 10.6. The molecule has 0 radical (unpaired) electrons. The van der Waals surface area contributed by atoms with E-state index in [1.54, 1.807) is 13.2 Å². The molecule has 0 aliphatic carbocycles. The van der Waals surface area contributed by atoms with Gasteiger partial charge in [-0.05, 0) is 12.1 Å². The van der Waals surface area contributed by atoms with E-state index in [1.165, 1.54) is 30.0 Å². The van der Waals surface area contributed by atoms with Gasteiger partial charge in [0, 0.05) is 13.5 Å². The summed E-state index contributed by atoms with van der Waals surface area (Å²) < 4.78 is 18.3. The molecule has 2 N–H and O–H groups in total. The average molecular weight is 325 g/mol. The van der Waals surface area contributed by atoms with Gasteiger partial charge < -0.3 is 15.4 Å². The normalized spacial score (nSPS) is 19.3. The van der Waals surface area contributed by atoms with Crippen LogP contribution < -0.4 is 10.6 Å². The molecular formula is C14H16FN3O3S. The van der Waals surface area contributed by atoms with E-state index in [4.69, 9.17) is 4.74 Å². The third-order valence-corrected chi connectivity index (χ3v) is 3.97. The molecule has 1 atom stereocenters. The molecule has 6 nitrogen and oxygen atoms in total. The van der Waals surface area contributed by atoms with Crippen molar-refractivity contribution in [1.82, 2.24) is 5.32 Å². The number of methoxy groups -OCH3 is 1. The van der Waals surface area contributed by atoms with Gasteiger partial charge in [0.15, 0.2) is 5.17 Å². The number of benzene rings is 1. The number of hydrogen-bond donors (Lipinski definition) is 2. The van der Waals surface area contributed by atoms with E-state index < -0.39 is 17.0 Å². The number of amides is 2. The number of rotatable bonds is 6. The topological polar surface area (TPSA) is 79.8 Å². The van der Waals surface area contributed by atoms with E-state index >= 15 is 0 Å². The van der Waals surface area contributed by atoms with E-state index in [-0.39, 0.29) is 18.0 Å². The highest BCUT2D eigenvalue weighted by Gasteiger charge is 2.32. The summed E-state index contributed by atoms with van der Waals surface area (Å²) in [6, 6.07) is 5.88. The summed E-state index contributed by atoms with van der Waals surface area (Å²) in [5.41, 5.74) is 0.102. The minimum Gasteiger partial charge on any atom is -0.383 e. The van der Waals surface area contributed by atoms with E-state index in [9.17, 15) is 14.0 Å². The molecule has 2 rings (SSSR count). The van der Waals surface area contributed by atoms with Gasteiger partial charge >= 0.3 is 0 Å². The maximum atomic E-state index is 13.4. The number of carbonyl (C=O) groups excluding carboxylic acids is 2. The third-order valence-electron chi connectivity index (χ3n) is 2.85. The van der Waals surface area contributed by atoms with Gasteiger partial charge in [-0.2, -0.15) is 0 Å². The number of ether oxygens (including phenoxy) is 1. The van der Waals surface area contributed by atoms with Crippen molar-refractivity contribution >= 4 is 34.4 Å². The number of thioether (sulfide) groups is 1. The molecule has 1 unspecified atom stereocenters. The summed E-state index contributed by atoms with van der Waals surface area (Å²) in [6.07, 6.45) is -0.0475. The van der Waals surface area contributed by atoms with Crippen molar-refractivity contribution in [2.24, 2.45) is 4.99 Å². The van der Waals surface area contributed by atoms with Crippen molar-refractivity contribution in [1.29, 1.82) is 0 Å². The van der Waals surface area contributed by atoms with Gasteiger partial charge in [0.25, 0.3) is 0 Å². The Morgan fingerprint density at radius 3 is 3.00 bits per heavy atom. The number of carbonyl (C=O) groups is 2. The fraction of sp³-hybridized carbons (Fsp3) is 0.357. The Hall–Kier alpha value is -1.93. The van der Waals surface area contributed by atoms with Crippen molar-refractivity contribution in [3.8, 4) is 0 Å². The Morgan fingerprint density at radius 2 is 2.27 bits per heavy atom. The molecule has 1 heterocycles. The molecular weight excluding hydrogens is 309 g/mol. The molecule has 1 fully saturated rings. The summed E-state index contributed by atoms with van der Waals surface area (Å²) in [7, 11) is 1.57. The van der Waals surface area contributed by atoms with Gasteiger partial charge in [-0.3, -0.25) is 14.6 Å². The molecule has 22 heavy (non-hydrogen) atoms. The fourth-order valence-electron chi connectivity index (χ4n) is 1.79. The zero-order valence-corrected chi connectivity index (χ0v) is 12.8. The second kappa shape index (κ2) is 7.90. The van der Waals surface area contributed by atoms with Crippen LogP contribution in [0.4, 0.5) is 10.1 Å². The van der Waals surface area contributed by atoms with Crippen molar-refractivity contribution in [2.75, 3.05) is 25.6 Å². The van der Waals surface area contributed by atoms with Crippen LogP contribution in [0.15, 0.2) is 29.3 Å². The lowest BCUT2D eigenvalue weighted by Crippen LogP contribution is -2.28. The van der Waals surface area contributed by atoms with Crippen LogP contribution in [0.5, 0.6) is 0 Å². The van der Waals surface area contributed by atoms with Gasteiger partial charge in [0.1, 0.15) is 11.1 Å². The maximum Gasteiger partial charge on any atom is 0.240 e. The molecule has 0 spiro atoms. The van der Waals surface area contributed by atoms with Crippen molar-refractivity contribution in [2.45, 2.75) is 11.7 Å². The Balaban J connectivity index is 1.88. The average Bonchev–Trinajstić information content (AvgIpc) is 2.82. The van der Waals surface area contributed by atoms with E-state index in [2.05, 4.69) is 15.6 Å². The number of nitrogens with zero attached hydrogens (tertiary/aromatic N) is 1. The Bertz CT molecular complexity index is 594. The standard InChI is InChI=1S/C14H16FN3O3S/c1-21-7-6-16-14-18-13(20)11(22-14)8-12(19)17-10-5-3-2-4-9(10)15/h2-5,11H,6-8H2,1H3,(H,17,19)(H,16,18,20). The van der Waals surface area contributed by atoms with Crippen LogP contribution in [0.25, 0.3) is 0 Å². The van der Waals surface area contributed by atoms with Crippen molar-refractivity contribution < 1.29 is 18.7 Å². The summed E-state index contributed by atoms with van der Waals surface area (Å²) in [4.78, 5) is 27.8. The Kier molecular flexibility index (Phi) is 5.91. The predicted molar refractivity (Wildman–Crippen MR) is 83.3 cm³/mol. The van der Waals surface area contributed by atoms with Crippen LogP contribution in [0, 0.1) is 5.82 Å². The van der Waals surface area contributed by atoms with Crippen LogP contribution >= 0.6 is 11.8 Å². The minimum atomic E-state index is -0.562. The number of amidine groups is 1. The molecule has 1 saturated heterocycles. The number of halogens is 1. The molecule has 1 aromatic carbocycles. The molecule has 2 amide bonds. The SMILES string of the molecule is COCCN=C1NC(=O)C(CC(=O)Nc2ccccc2F)S1. The van der Waals surface area contributed by atoms with Crippen LogP contribution in [0.3, 0.4) is 0 Å². The smallest absolute Gasteiger partial charge is 0.240 e. The van der Waals surface area contributed by atoms with Crippen LogP contribution in [-0.4, -0.2) is 42.5 Å². The monoisotopic (exact) mass is 325 g/mol. The summed E-state index contributed by atoms with van der Waals surface area (Å²) in [5.74, 6) is -1.21. The lowest BCUT2D eigenvalue weighted by molar-refractivity contribution is -0.122. The molecule has 0 saturated carbocycles. The molecule has 8 heteroatoms. The molecule has 0 bridgehead atoms. The number of nitrogens with one attached hydrogen (secondary N) is 2. The highest BCUT2D eigenvalue weighted by atomic mass is 32.2. The first kappa shape index (κ1) is 16.4. The summed E-state index contributed by atoms with van der Waals surface area (Å²) in [6.45, 7) is 0.894. The second-order valence-electron chi connectivity index (χ2n) is 4.51. The largest absolute Gasteiger partial charge is 0.383 e. The molecule has 1 aromatic rings. The highest BCUT2D eigenvalue weighted by Crippen LogP contribution is 2.23. The lowest BCUT2D eigenvalue weighted by atomic mass is 10.2. The van der Waals surface area contributed by atoms with Crippen molar-refractivity contribution in [3.63, 3.8) is 0 Å². The Labute approximate surface area is 131 Å². The van der Waals surface area contributed by atoms with Gasteiger partial charge in [0.05, 0.1) is 18.8 Å². The van der Waals surface area contributed by atoms with Crippen LogP contribution in [0.1, 0.15) is 6.42 Å². The molecule has 1 aliphatic rings. The van der Waals surface area contributed by atoms with Crippen molar-refractivity contribution in [3.05, 3.63) is 30.1 Å². The van der Waals surface area contributed by atoms with E-state index in [0.29, 0.717) is 18.3 Å². The van der Waals surface area contributed by atoms with Gasteiger partial charge in [-0.15, -0.1) is 0 Å². The first-order valence-corrected chi connectivity index (χ1v) is 7.53. The Morgan fingerprint density at radius 1 is 1.50 bits per heavy atom. The zero-order chi connectivity index (χ0) is 15.9. The molecule has 1 aliphatic heterocycles. The quantitative estimate of drug-likeness (QED) is 0.775. The number of hydrogen-bond acceptors (Lipinski definition) is 5. The van der Waals surface area contributed by atoms with Gasteiger partial charge in [-0.25, -0.2) is 4.39 Å². The fourth-order valence-corrected chi connectivity index (χ4v) is 2.78. The van der Waals surface area contributed by atoms with E-state index in [0.717, 1.165) is 0 Å². The maximum absolute atomic E-state index is 13.4. The molecule has 0 aromatic heterocycles. The van der Waals surface area contributed by atoms with Crippen LogP contribution in [0.2, 0.25) is 0 Å². The number of aliphatic imine (C=N–C) groups is 1. The van der Waals surface area contributed by atoms with Gasteiger partial charge in [0.2, 0.25) is 11.8 Å². The molecule has 118 valence electrons. The minimum absolute atomic E-state index is 0.0475. The second-order valence-corrected chi connectivity index (χ2v) is 5.70. The summed E-state index contributed by atoms with van der Waals surface area (Å²) >= 11 is 1.19. The first-order valence-electron chi connectivity index (χ1n) is 6.65. The highest BCUT2D eigenvalue weighted by molar-refractivity contribution is 8.15. The zero-order valence-electron chi connectivity index (χ0n) is 12.0. The van der Waals surface area contributed by atoms with Crippen LogP contribution in [-0.2, 0) is 14.3 Å². The van der Waals surface area contributed by atoms with Gasteiger partial charge in [-0.1, -0.05) is 23.9 Å². The number of para-hydroxylation sites is 1. The predicted octanol–water partition coefficient (Wildman–Crippen LogP) is 1.39. The number of anilines is 1.